The Bertz CT molecular complexity index is 642. The summed E-state index contributed by atoms with van der Waals surface area (Å²) in [4.78, 5) is 4.03. The van der Waals surface area contributed by atoms with Crippen molar-refractivity contribution in [2.24, 2.45) is 0 Å². The van der Waals surface area contributed by atoms with E-state index < -0.39 is 0 Å². The molecule has 0 aliphatic heterocycles. The van der Waals surface area contributed by atoms with Crippen molar-refractivity contribution in [1.29, 1.82) is 0 Å². The lowest BCUT2D eigenvalue weighted by molar-refractivity contribution is 0.562. The topological polar surface area (TPSA) is 30.7 Å². The Kier molecular flexibility index (Phi) is 3.59. The van der Waals surface area contributed by atoms with Crippen LogP contribution in [0.5, 0.6) is 0 Å². The fraction of sp³-hybridized carbons (Fsp3) is 0.176. The molecular formula is C17H17N3. The van der Waals surface area contributed by atoms with E-state index in [0.717, 1.165) is 6.54 Å². The number of benzene rings is 2. The Morgan fingerprint density at radius 3 is 2.30 bits per heavy atom. The average Bonchev–Trinajstić information content (AvgIpc) is 3.00. The summed E-state index contributed by atoms with van der Waals surface area (Å²) in [7, 11) is 0. The first-order chi connectivity index (χ1) is 9.83. The van der Waals surface area contributed by atoms with Gasteiger partial charge in [-0.15, -0.1) is 0 Å². The molecule has 0 bridgehead atoms. The summed E-state index contributed by atoms with van der Waals surface area (Å²) in [6.45, 7) is 2.91. The van der Waals surface area contributed by atoms with Crippen molar-refractivity contribution >= 4 is 0 Å². The number of hydrogen-bond acceptors (Lipinski definition) is 2. The molecule has 3 rings (SSSR count). The normalized spacial score (nSPS) is 12.2. The molecule has 2 aromatic carbocycles. The second-order valence-corrected chi connectivity index (χ2v) is 4.99. The van der Waals surface area contributed by atoms with Gasteiger partial charge in [-0.1, -0.05) is 60.2 Å². The Morgan fingerprint density at radius 2 is 1.65 bits per heavy atom. The van der Waals surface area contributed by atoms with E-state index in [4.69, 9.17) is 0 Å². The third-order valence-electron chi connectivity index (χ3n) is 3.52. The second kappa shape index (κ2) is 5.70. The van der Waals surface area contributed by atoms with Crippen LogP contribution in [0.15, 0.2) is 67.3 Å². The predicted molar refractivity (Wildman–Crippen MR) is 79.5 cm³/mol. The van der Waals surface area contributed by atoms with Gasteiger partial charge in [0.15, 0.2) is 0 Å². The van der Waals surface area contributed by atoms with Crippen LogP contribution in [0.3, 0.4) is 0 Å². The lowest BCUT2D eigenvalue weighted by atomic mass is 9.91. The minimum absolute atomic E-state index is 0.290. The van der Waals surface area contributed by atoms with Crippen LogP contribution in [0.2, 0.25) is 0 Å². The molecule has 0 amide bonds. The third-order valence-corrected chi connectivity index (χ3v) is 3.52. The van der Waals surface area contributed by atoms with E-state index in [-0.39, 0.29) is 0 Å². The maximum Gasteiger partial charge on any atom is 0.137 e. The molecule has 0 aliphatic rings. The molecule has 1 unspecified atom stereocenters. The van der Waals surface area contributed by atoms with Gasteiger partial charge in [-0.25, -0.2) is 4.98 Å². The van der Waals surface area contributed by atoms with Gasteiger partial charge in [-0.3, -0.25) is 4.68 Å². The molecular weight excluding hydrogens is 246 g/mol. The van der Waals surface area contributed by atoms with E-state index >= 15 is 0 Å². The van der Waals surface area contributed by atoms with Crippen LogP contribution in [0.25, 0.3) is 0 Å². The minimum atomic E-state index is 0.290. The van der Waals surface area contributed by atoms with E-state index in [1.54, 1.807) is 12.7 Å². The van der Waals surface area contributed by atoms with Gasteiger partial charge >= 0.3 is 0 Å². The highest BCUT2D eigenvalue weighted by atomic mass is 15.3. The first kappa shape index (κ1) is 12.6. The molecule has 0 spiro atoms. The van der Waals surface area contributed by atoms with Gasteiger partial charge in [-0.2, -0.15) is 5.10 Å². The maximum absolute atomic E-state index is 4.23. The Morgan fingerprint density at radius 1 is 0.950 bits per heavy atom. The van der Waals surface area contributed by atoms with Gasteiger partial charge in [0.2, 0.25) is 0 Å². The van der Waals surface area contributed by atoms with Gasteiger partial charge in [0.25, 0.3) is 0 Å². The van der Waals surface area contributed by atoms with Gasteiger partial charge < -0.3 is 0 Å². The van der Waals surface area contributed by atoms with E-state index in [2.05, 4.69) is 65.5 Å². The van der Waals surface area contributed by atoms with Crippen LogP contribution >= 0.6 is 0 Å². The highest BCUT2D eigenvalue weighted by Gasteiger charge is 2.15. The van der Waals surface area contributed by atoms with Crippen molar-refractivity contribution in [2.75, 3.05) is 0 Å². The molecule has 100 valence electrons. The zero-order chi connectivity index (χ0) is 13.8. The van der Waals surface area contributed by atoms with Crippen LogP contribution in [-0.4, -0.2) is 14.8 Å². The lowest BCUT2D eigenvalue weighted by Gasteiger charge is -2.18. The van der Waals surface area contributed by atoms with Crippen LogP contribution < -0.4 is 0 Å². The number of aryl methyl sites for hydroxylation is 1. The SMILES string of the molecule is Cc1ccc(C(Cn2cncn2)c2ccccc2)cc1. The summed E-state index contributed by atoms with van der Waals surface area (Å²) in [5.74, 6) is 0.290. The molecule has 0 saturated carbocycles. The number of nitrogens with zero attached hydrogens (tertiary/aromatic N) is 3. The average molecular weight is 263 g/mol. The van der Waals surface area contributed by atoms with Crippen LogP contribution in [0, 0.1) is 6.92 Å². The van der Waals surface area contributed by atoms with Crippen molar-refractivity contribution in [3.8, 4) is 0 Å². The van der Waals surface area contributed by atoms with Crippen molar-refractivity contribution in [3.05, 3.63) is 83.9 Å². The molecule has 20 heavy (non-hydrogen) atoms. The summed E-state index contributed by atoms with van der Waals surface area (Å²) >= 11 is 0. The molecule has 0 aliphatic carbocycles. The van der Waals surface area contributed by atoms with Gasteiger partial charge in [0.1, 0.15) is 12.7 Å². The first-order valence-corrected chi connectivity index (χ1v) is 6.77. The molecule has 3 nitrogen and oxygen atoms in total. The van der Waals surface area contributed by atoms with Crippen LogP contribution in [0.4, 0.5) is 0 Å². The largest absolute Gasteiger partial charge is 0.252 e. The standard InChI is InChI=1S/C17H17N3/c1-14-7-9-16(10-8-14)17(11-20-13-18-12-19-20)15-5-3-2-4-6-15/h2-10,12-13,17H,11H2,1H3. The van der Waals surface area contributed by atoms with E-state index in [1.165, 1.54) is 16.7 Å². The van der Waals surface area contributed by atoms with Gasteiger partial charge in [0.05, 0.1) is 6.54 Å². The summed E-state index contributed by atoms with van der Waals surface area (Å²) in [6, 6.07) is 19.3. The molecule has 1 atom stereocenters. The lowest BCUT2D eigenvalue weighted by Crippen LogP contribution is -2.11. The quantitative estimate of drug-likeness (QED) is 0.722. The maximum atomic E-state index is 4.23. The Balaban J connectivity index is 1.97. The molecule has 3 heteroatoms. The summed E-state index contributed by atoms with van der Waals surface area (Å²) in [5.41, 5.74) is 3.88. The zero-order valence-corrected chi connectivity index (χ0v) is 11.5. The monoisotopic (exact) mass is 263 g/mol. The summed E-state index contributed by atoms with van der Waals surface area (Å²) in [6.07, 6.45) is 3.35. The zero-order valence-electron chi connectivity index (χ0n) is 11.5. The third kappa shape index (κ3) is 2.77. The number of hydrogen-bond donors (Lipinski definition) is 0. The number of rotatable bonds is 4. The van der Waals surface area contributed by atoms with E-state index in [0.29, 0.717) is 5.92 Å². The van der Waals surface area contributed by atoms with Gasteiger partial charge in [0, 0.05) is 5.92 Å². The molecule has 0 saturated heterocycles. The highest BCUT2D eigenvalue weighted by molar-refractivity contribution is 5.33. The molecule has 3 aromatic rings. The van der Waals surface area contributed by atoms with Crippen molar-refractivity contribution < 1.29 is 0 Å². The number of aromatic nitrogens is 3. The molecule has 0 N–H and O–H groups in total. The fourth-order valence-electron chi connectivity index (χ4n) is 2.40. The van der Waals surface area contributed by atoms with Gasteiger partial charge in [-0.05, 0) is 18.1 Å². The first-order valence-electron chi connectivity index (χ1n) is 6.77. The Hall–Kier alpha value is -2.42. The fourth-order valence-corrected chi connectivity index (χ4v) is 2.40. The second-order valence-electron chi connectivity index (χ2n) is 4.99. The highest BCUT2D eigenvalue weighted by Crippen LogP contribution is 2.26. The minimum Gasteiger partial charge on any atom is -0.252 e. The molecule has 0 fully saturated rings. The molecule has 1 heterocycles. The van der Waals surface area contributed by atoms with Crippen molar-refractivity contribution in [2.45, 2.75) is 19.4 Å². The smallest absolute Gasteiger partial charge is 0.137 e. The Labute approximate surface area is 118 Å². The molecule has 0 radical (unpaired) electrons. The van der Waals surface area contributed by atoms with Crippen LogP contribution in [-0.2, 0) is 6.54 Å². The van der Waals surface area contributed by atoms with Crippen molar-refractivity contribution in [1.82, 2.24) is 14.8 Å². The van der Waals surface area contributed by atoms with Crippen molar-refractivity contribution in [3.63, 3.8) is 0 Å². The summed E-state index contributed by atoms with van der Waals surface area (Å²) in [5, 5.41) is 4.23. The summed E-state index contributed by atoms with van der Waals surface area (Å²) < 4.78 is 1.89. The van der Waals surface area contributed by atoms with E-state index in [9.17, 15) is 0 Å². The predicted octanol–water partition coefficient (Wildman–Crippen LogP) is 3.42. The van der Waals surface area contributed by atoms with E-state index in [1.807, 2.05) is 10.7 Å². The van der Waals surface area contributed by atoms with Crippen LogP contribution in [0.1, 0.15) is 22.6 Å². The molecule has 1 aromatic heterocycles.